The Morgan fingerprint density at radius 2 is 1.65 bits per heavy atom. The van der Waals surface area contributed by atoms with Gasteiger partial charge < -0.3 is 9.84 Å². The minimum absolute atomic E-state index is 0.0957. The van der Waals surface area contributed by atoms with Crippen LogP contribution in [-0.2, 0) is 11.3 Å². The first kappa shape index (κ1) is 30.1. The van der Waals surface area contributed by atoms with Gasteiger partial charge in [-0.05, 0) is 90.0 Å². The maximum Gasteiger partial charge on any atom is 0.0721 e. The van der Waals surface area contributed by atoms with Crippen molar-refractivity contribution in [2.45, 2.75) is 106 Å². The highest BCUT2D eigenvalue weighted by Crippen LogP contribution is 2.32. The number of rotatable bonds is 17. The predicted octanol–water partition coefficient (Wildman–Crippen LogP) is 9.13. The highest BCUT2D eigenvalue weighted by Gasteiger charge is 2.27. The summed E-state index contributed by atoms with van der Waals surface area (Å²) in [7, 11) is 0. The van der Waals surface area contributed by atoms with Gasteiger partial charge in [0.2, 0.25) is 0 Å². The van der Waals surface area contributed by atoms with E-state index in [0.29, 0.717) is 13.2 Å². The molecule has 0 amide bonds. The molecule has 2 heteroatoms. The number of allylic oxidation sites excluding steroid dienone is 6. The van der Waals surface area contributed by atoms with Crippen LogP contribution in [0.25, 0.3) is 0 Å². The topological polar surface area (TPSA) is 29.5 Å². The molecule has 0 aliphatic heterocycles. The molecule has 1 aromatic rings. The molecule has 0 saturated carbocycles. The molecule has 190 valence electrons. The zero-order valence-electron chi connectivity index (χ0n) is 22.8. The lowest BCUT2D eigenvalue weighted by Crippen LogP contribution is -2.29. The van der Waals surface area contributed by atoms with E-state index in [1.807, 2.05) is 18.2 Å². The van der Waals surface area contributed by atoms with Gasteiger partial charge in [-0.3, -0.25) is 0 Å². The molecule has 34 heavy (non-hydrogen) atoms. The summed E-state index contributed by atoms with van der Waals surface area (Å²) in [5.41, 5.74) is 6.52. The molecular formula is C32H50O2. The zero-order chi connectivity index (χ0) is 25.4. The first-order valence-electron chi connectivity index (χ1n) is 13.0. The van der Waals surface area contributed by atoms with Gasteiger partial charge >= 0.3 is 0 Å². The van der Waals surface area contributed by atoms with Crippen molar-refractivity contribution in [2.24, 2.45) is 5.41 Å². The predicted molar refractivity (Wildman–Crippen MR) is 149 cm³/mol. The quantitative estimate of drug-likeness (QED) is 0.183. The van der Waals surface area contributed by atoms with E-state index in [1.54, 1.807) is 0 Å². The van der Waals surface area contributed by atoms with Gasteiger partial charge in [0.1, 0.15) is 0 Å². The van der Waals surface area contributed by atoms with Gasteiger partial charge in [0, 0.05) is 0 Å². The third-order valence-corrected chi connectivity index (χ3v) is 6.57. The lowest BCUT2D eigenvalue weighted by atomic mass is 9.78. The van der Waals surface area contributed by atoms with E-state index in [9.17, 15) is 5.11 Å². The molecule has 1 aromatic carbocycles. The lowest BCUT2D eigenvalue weighted by molar-refractivity contribution is 0.0359. The third kappa shape index (κ3) is 14.4. The summed E-state index contributed by atoms with van der Waals surface area (Å²) in [6, 6.07) is 10.3. The molecule has 0 spiro atoms. The Morgan fingerprint density at radius 1 is 0.971 bits per heavy atom. The van der Waals surface area contributed by atoms with Gasteiger partial charge in [-0.2, -0.15) is 0 Å². The zero-order valence-corrected chi connectivity index (χ0v) is 22.8. The smallest absolute Gasteiger partial charge is 0.0721 e. The molecular weight excluding hydrogens is 416 g/mol. The number of benzene rings is 1. The summed E-state index contributed by atoms with van der Waals surface area (Å²) in [6.07, 6.45) is 14.5. The average molecular weight is 467 g/mol. The van der Waals surface area contributed by atoms with Gasteiger partial charge in [0.25, 0.3) is 0 Å². The Balaban J connectivity index is 2.26. The minimum Gasteiger partial charge on any atom is -0.393 e. The fraction of sp³-hybridized carbons (Fsp3) is 0.562. The number of hydrogen-bond acceptors (Lipinski definition) is 2. The Morgan fingerprint density at radius 3 is 2.32 bits per heavy atom. The Bertz CT molecular complexity index is 792. The fourth-order valence-corrected chi connectivity index (χ4v) is 3.80. The van der Waals surface area contributed by atoms with Crippen molar-refractivity contribution in [3.05, 3.63) is 83.0 Å². The van der Waals surface area contributed by atoms with Crippen molar-refractivity contribution < 1.29 is 9.84 Å². The molecule has 0 aromatic heterocycles. The molecule has 1 N–H and O–H groups in total. The van der Waals surface area contributed by atoms with Crippen molar-refractivity contribution in [3.8, 4) is 0 Å². The van der Waals surface area contributed by atoms with Gasteiger partial charge in [0.15, 0.2) is 0 Å². The molecule has 0 aliphatic carbocycles. The van der Waals surface area contributed by atoms with Crippen LogP contribution >= 0.6 is 0 Å². The first-order valence-corrected chi connectivity index (χ1v) is 13.0. The van der Waals surface area contributed by atoms with Crippen LogP contribution in [0.15, 0.2) is 77.4 Å². The van der Waals surface area contributed by atoms with E-state index in [-0.39, 0.29) is 11.5 Å². The van der Waals surface area contributed by atoms with Crippen LogP contribution < -0.4 is 0 Å². The summed E-state index contributed by atoms with van der Waals surface area (Å²) < 4.78 is 5.75. The summed E-state index contributed by atoms with van der Waals surface area (Å²) >= 11 is 0. The standard InChI is InChI=1S/C32H50O2/c1-26(2)13-11-14-27(3)19-20-29(5)21-23-32(6,7)31(33)18-12-15-28(4)22-24-34-25-30-16-9-8-10-17-30/h8-10,13,16-17,19,22,31,33H,5,11-12,14-15,18,20-21,23-25H2,1-4,6-7H3/b27-19+,28-22-. The highest BCUT2D eigenvalue weighted by molar-refractivity contribution is 5.13. The van der Waals surface area contributed by atoms with Crippen molar-refractivity contribution in [1.82, 2.24) is 0 Å². The Labute approximate surface area is 210 Å². The molecule has 0 heterocycles. The third-order valence-electron chi connectivity index (χ3n) is 6.57. The van der Waals surface area contributed by atoms with Crippen LogP contribution in [0.4, 0.5) is 0 Å². The second kappa shape index (κ2) is 16.7. The van der Waals surface area contributed by atoms with Gasteiger partial charge in [-0.25, -0.2) is 0 Å². The summed E-state index contributed by atoms with van der Waals surface area (Å²) in [5.74, 6) is 0. The van der Waals surface area contributed by atoms with Gasteiger partial charge in [-0.15, -0.1) is 0 Å². The Hall–Kier alpha value is -1.90. The van der Waals surface area contributed by atoms with Crippen molar-refractivity contribution in [3.63, 3.8) is 0 Å². The normalized spacial score (nSPS) is 13.6. The fourth-order valence-electron chi connectivity index (χ4n) is 3.80. The molecule has 1 atom stereocenters. The maximum atomic E-state index is 10.8. The Kier molecular flexibility index (Phi) is 14.8. The van der Waals surface area contributed by atoms with E-state index in [4.69, 9.17) is 4.74 Å². The number of ether oxygens (including phenoxy) is 1. The summed E-state index contributed by atoms with van der Waals surface area (Å²) in [4.78, 5) is 0. The van der Waals surface area contributed by atoms with E-state index in [2.05, 4.69) is 78.5 Å². The van der Waals surface area contributed by atoms with Crippen molar-refractivity contribution in [1.29, 1.82) is 0 Å². The second-order valence-electron chi connectivity index (χ2n) is 10.8. The molecule has 1 rings (SSSR count). The van der Waals surface area contributed by atoms with Crippen LogP contribution in [0.1, 0.15) is 98.5 Å². The molecule has 0 aliphatic rings. The molecule has 1 unspecified atom stereocenters. The first-order chi connectivity index (χ1) is 16.1. The summed E-state index contributed by atoms with van der Waals surface area (Å²) in [5, 5.41) is 10.8. The van der Waals surface area contributed by atoms with Crippen molar-refractivity contribution in [2.75, 3.05) is 6.61 Å². The number of aliphatic hydroxyl groups is 1. The van der Waals surface area contributed by atoms with Crippen molar-refractivity contribution >= 4 is 0 Å². The maximum absolute atomic E-state index is 10.8. The highest BCUT2D eigenvalue weighted by atomic mass is 16.5. The second-order valence-corrected chi connectivity index (χ2v) is 10.8. The van der Waals surface area contributed by atoms with E-state index in [0.717, 1.165) is 51.4 Å². The SMILES string of the molecule is C=C(C/C=C(\C)CCC=C(C)C)CCC(C)(C)C(O)CCC/C(C)=C\COCc1ccccc1. The van der Waals surface area contributed by atoms with Crippen LogP contribution in [0.2, 0.25) is 0 Å². The number of aliphatic hydroxyl groups excluding tert-OH is 1. The molecule has 0 bridgehead atoms. The van der Waals surface area contributed by atoms with Crippen LogP contribution in [0.3, 0.4) is 0 Å². The summed E-state index contributed by atoms with van der Waals surface area (Å²) in [6.45, 7) is 18.6. The molecule has 0 saturated heterocycles. The number of hydrogen-bond donors (Lipinski definition) is 1. The van der Waals surface area contributed by atoms with Crippen LogP contribution in [0, 0.1) is 5.41 Å². The van der Waals surface area contributed by atoms with Gasteiger partial charge in [0.05, 0.1) is 19.3 Å². The van der Waals surface area contributed by atoms with Gasteiger partial charge in [-0.1, -0.05) is 91.3 Å². The van der Waals surface area contributed by atoms with Crippen LogP contribution in [-0.4, -0.2) is 17.8 Å². The molecule has 0 radical (unpaired) electrons. The largest absolute Gasteiger partial charge is 0.393 e. The monoisotopic (exact) mass is 466 g/mol. The van der Waals surface area contributed by atoms with E-state index >= 15 is 0 Å². The van der Waals surface area contributed by atoms with E-state index < -0.39 is 0 Å². The van der Waals surface area contributed by atoms with Crippen LogP contribution in [0.5, 0.6) is 0 Å². The average Bonchev–Trinajstić information content (AvgIpc) is 2.79. The minimum atomic E-state index is -0.288. The van der Waals surface area contributed by atoms with E-state index in [1.165, 1.54) is 27.9 Å². The molecule has 2 nitrogen and oxygen atoms in total. The lowest BCUT2D eigenvalue weighted by Gasteiger charge is -2.31. The molecule has 0 fully saturated rings.